The van der Waals surface area contributed by atoms with Crippen molar-refractivity contribution in [1.82, 2.24) is 15.1 Å². The Morgan fingerprint density at radius 3 is 2.40 bits per heavy atom. The molecule has 1 saturated carbocycles. The highest BCUT2D eigenvalue weighted by Crippen LogP contribution is 2.30. The largest absolute Gasteiger partial charge is 0.453 e. The summed E-state index contributed by atoms with van der Waals surface area (Å²) in [7, 11) is 3.23. The van der Waals surface area contributed by atoms with Gasteiger partial charge >= 0.3 is 12.2 Å². The number of ether oxygens (including phenoxy) is 2. The molecule has 1 aliphatic heterocycles. The van der Waals surface area contributed by atoms with Gasteiger partial charge < -0.3 is 29.9 Å². The first-order valence-electron chi connectivity index (χ1n) is 16.1. The molecule has 2 fully saturated rings. The van der Waals surface area contributed by atoms with Crippen molar-refractivity contribution in [2.24, 2.45) is 5.92 Å². The van der Waals surface area contributed by atoms with Gasteiger partial charge in [0.25, 0.3) is 0 Å². The first-order valence-corrected chi connectivity index (χ1v) is 16.1. The van der Waals surface area contributed by atoms with Crippen LogP contribution in [0.4, 0.5) is 21.0 Å². The monoisotopic (exact) mass is 621 g/mol. The maximum atomic E-state index is 13.5. The average Bonchev–Trinajstić information content (AvgIpc) is 3.00. The lowest BCUT2D eigenvalue weighted by atomic mass is 9.85. The number of carbonyl (C=O) groups is 3. The molecule has 2 aromatic carbocycles. The van der Waals surface area contributed by atoms with Crippen molar-refractivity contribution >= 4 is 29.5 Å². The number of benzene rings is 2. The van der Waals surface area contributed by atoms with Crippen LogP contribution in [0.2, 0.25) is 0 Å². The van der Waals surface area contributed by atoms with Crippen LogP contribution in [0, 0.1) is 12.8 Å². The molecule has 1 heterocycles. The zero-order chi connectivity index (χ0) is 32.7. The van der Waals surface area contributed by atoms with Crippen LogP contribution in [0.15, 0.2) is 42.5 Å². The molecule has 0 unspecified atom stereocenters. The third-order valence-corrected chi connectivity index (χ3v) is 8.77. The molecular weight excluding hydrogens is 570 g/mol. The number of nitrogens with one attached hydrogen (secondary N) is 2. The standard InChI is InChI=1S/C35H51N5O5/c1-24-19-31(16-13-28(24)23-39-17-18-40(25(2)22-39)34(43)45-35(3,4)5)38(6)32(41)27-11-14-29(15-12-27)37-30-10-8-9-26(20-30)21-36-33(42)44-7/h8-10,13,16,19-20,25,27,29,37H,11-12,14-15,17-18,21-23H2,1-7H3,(H,36,42)/t25-,27?,29?/m0/s1. The Balaban J connectivity index is 1.25. The van der Waals surface area contributed by atoms with Crippen molar-refractivity contribution in [3.63, 3.8) is 0 Å². The van der Waals surface area contributed by atoms with Gasteiger partial charge in [0.15, 0.2) is 0 Å². The first-order chi connectivity index (χ1) is 21.3. The highest BCUT2D eigenvalue weighted by Gasteiger charge is 2.32. The smallest absolute Gasteiger partial charge is 0.410 e. The fourth-order valence-electron chi connectivity index (χ4n) is 6.21. The molecule has 0 bridgehead atoms. The van der Waals surface area contributed by atoms with Crippen molar-refractivity contribution in [3.8, 4) is 0 Å². The first kappa shape index (κ1) is 34.1. The van der Waals surface area contributed by atoms with Crippen LogP contribution >= 0.6 is 0 Å². The molecule has 1 aliphatic carbocycles. The number of aryl methyl sites for hydroxylation is 1. The molecule has 3 amide bonds. The summed E-state index contributed by atoms with van der Waals surface area (Å²) in [6.07, 6.45) is 2.83. The summed E-state index contributed by atoms with van der Waals surface area (Å²) in [5.74, 6) is 0.176. The lowest BCUT2D eigenvalue weighted by Crippen LogP contribution is -2.54. The number of amides is 3. The molecule has 10 nitrogen and oxygen atoms in total. The zero-order valence-corrected chi connectivity index (χ0v) is 28.0. The number of hydrogen-bond donors (Lipinski definition) is 2. The van der Waals surface area contributed by atoms with Crippen molar-refractivity contribution in [2.75, 3.05) is 44.0 Å². The van der Waals surface area contributed by atoms with Crippen LogP contribution in [0.3, 0.4) is 0 Å². The van der Waals surface area contributed by atoms with Crippen LogP contribution in [0.25, 0.3) is 0 Å². The van der Waals surface area contributed by atoms with Crippen molar-refractivity contribution in [3.05, 3.63) is 59.2 Å². The Bertz CT molecular complexity index is 1330. The van der Waals surface area contributed by atoms with Gasteiger partial charge in [-0.1, -0.05) is 18.2 Å². The normalized spacial score (nSPS) is 20.7. The maximum absolute atomic E-state index is 13.5. The van der Waals surface area contributed by atoms with Gasteiger partial charge in [-0.2, -0.15) is 0 Å². The summed E-state index contributed by atoms with van der Waals surface area (Å²) in [5.41, 5.74) is 4.81. The Kier molecular flexibility index (Phi) is 11.4. The van der Waals surface area contributed by atoms with E-state index in [1.807, 2.05) is 61.9 Å². The summed E-state index contributed by atoms with van der Waals surface area (Å²) in [6, 6.07) is 14.7. The molecule has 2 aliphatic rings. The second-order valence-electron chi connectivity index (χ2n) is 13.5. The van der Waals surface area contributed by atoms with E-state index < -0.39 is 11.7 Å². The van der Waals surface area contributed by atoms with Gasteiger partial charge in [0.05, 0.1) is 7.11 Å². The van der Waals surface area contributed by atoms with E-state index >= 15 is 0 Å². The number of carbonyl (C=O) groups excluding carboxylic acids is 3. The number of alkyl carbamates (subject to hydrolysis) is 1. The minimum absolute atomic E-state index is 0.00591. The third-order valence-electron chi connectivity index (χ3n) is 8.77. The van der Waals surface area contributed by atoms with E-state index in [2.05, 4.69) is 52.3 Å². The molecule has 0 radical (unpaired) electrons. The molecule has 1 saturated heterocycles. The lowest BCUT2D eigenvalue weighted by molar-refractivity contribution is -0.123. The highest BCUT2D eigenvalue weighted by molar-refractivity contribution is 5.94. The predicted octanol–water partition coefficient (Wildman–Crippen LogP) is 5.93. The second kappa shape index (κ2) is 15.0. The zero-order valence-electron chi connectivity index (χ0n) is 28.0. The number of anilines is 2. The van der Waals surface area contributed by atoms with Crippen LogP contribution in [-0.4, -0.2) is 79.4 Å². The topological polar surface area (TPSA) is 103 Å². The molecule has 246 valence electrons. The van der Waals surface area contributed by atoms with E-state index in [1.54, 1.807) is 0 Å². The van der Waals surface area contributed by atoms with Crippen LogP contribution < -0.4 is 15.5 Å². The molecule has 1 atom stereocenters. The van der Waals surface area contributed by atoms with Gasteiger partial charge in [-0.15, -0.1) is 0 Å². The lowest BCUT2D eigenvalue weighted by Gasteiger charge is -2.40. The van der Waals surface area contributed by atoms with E-state index in [-0.39, 0.29) is 24.0 Å². The number of methoxy groups -OCH3 is 1. The molecule has 0 aromatic heterocycles. The van der Waals surface area contributed by atoms with Crippen molar-refractivity contribution < 1.29 is 23.9 Å². The molecule has 2 N–H and O–H groups in total. The fraction of sp³-hybridized carbons (Fsp3) is 0.571. The van der Waals surface area contributed by atoms with Gasteiger partial charge in [0.2, 0.25) is 5.91 Å². The van der Waals surface area contributed by atoms with Gasteiger partial charge in [0, 0.05) is 69.1 Å². The Labute approximate surface area is 268 Å². The minimum Gasteiger partial charge on any atom is -0.453 e. The SMILES string of the molecule is COC(=O)NCc1cccc(NC2CCC(C(=O)N(C)c3ccc(CN4CCN(C(=O)OC(C)(C)C)[C@@H](C)C4)c(C)c3)CC2)c1. The number of rotatable bonds is 8. The Morgan fingerprint density at radius 2 is 1.76 bits per heavy atom. The number of hydrogen-bond acceptors (Lipinski definition) is 7. The molecule has 0 spiro atoms. The number of nitrogens with zero attached hydrogens (tertiary/aromatic N) is 3. The third kappa shape index (κ3) is 9.60. The quantitative estimate of drug-likeness (QED) is 0.377. The summed E-state index contributed by atoms with van der Waals surface area (Å²) in [5, 5.41) is 6.32. The molecule has 45 heavy (non-hydrogen) atoms. The van der Waals surface area contributed by atoms with E-state index in [0.717, 1.165) is 67.8 Å². The van der Waals surface area contributed by atoms with Gasteiger partial charge in [0.1, 0.15) is 5.60 Å². The van der Waals surface area contributed by atoms with Crippen molar-refractivity contribution in [1.29, 1.82) is 0 Å². The molecular formula is C35H51N5O5. The fourth-order valence-corrected chi connectivity index (χ4v) is 6.21. The van der Waals surface area contributed by atoms with Gasteiger partial charge in [-0.3, -0.25) is 9.69 Å². The Morgan fingerprint density at radius 1 is 1.02 bits per heavy atom. The van der Waals surface area contributed by atoms with Crippen LogP contribution in [-0.2, 0) is 27.4 Å². The molecule has 4 rings (SSSR count). The Hall–Kier alpha value is -3.79. The van der Waals surface area contributed by atoms with E-state index in [9.17, 15) is 14.4 Å². The summed E-state index contributed by atoms with van der Waals surface area (Å²) in [4.78, 5) is 43.5. The summed E-state index contributed by atoms with van der Waals surface area (Å²) < 4.78 is 10.2. The van der Waals surface area contributed by atoms with Crippen LogP contribution in [0.5, 0.6) is 0 Å². The van der Waals surface area contributed by atoms with Crippen LogP contribution in [0.1, 0.15) is 70.1 Å². The number of piperazine rings is 1. The predicted molar refractivity (Wildman–Crippen MR) is 177 cm³/mol. The van der Waals surface area contributed by atoms with E-state index in [1.165, 1.54) is 12.7 Å². The van der Waals surface area contributed by atoms with E-state index in [0.29, 0.717) is 19.1 Å². The average molecular weight is 622 g/mol. The van der Waals surface area contributed by atoms with Crippen molar-refractivity contribution in [2.45, 2.75) is 91.1 Å². The molecule has 2 aromatic rings. The van der Waals surface area contributed by atoms with Gasteiger partial charge in [-0.05, 0) is 101 Å². The summed E-state index contributed by atoms with van der Waals surface area (Å²) >= 11 is 0. The maximum Gasteiger partial charge on any atom is 0.410 e. The molecule has 10 heteroatoms. The highest BCUT2D eigenvalue weighted by atomic mass is 16.6. The van der Waals surface area contributed by atoms with Gasteiger partial charge in [-0.25, -0.2) is 9.59 Å². The van der Waals surface area contributed by atoms with E-state index in [4.69, 9.17) is 4.74 Å². The second-order valence-corrected chi connectivity index (χ2v) is 13.5. The summed E-state index contributed by atoms with van der Waals surface area (Å²) in [6.45, 7) is 13.3. The minimum atomic E-state index is -0.501.